The highest BCUT2D eigenvalue weighted by Gasteiger charge is 2.43. The first-order valence-corrected chi connectivity index (χ1v) is 7.37. The van der Waals surface area contributed by atoms with Crippen LogP contribution in [-0.4, -0.2) is 49.0 Å². The monoisotopic (exact) mass is 298 g/mol. The molecule has 1 saturated heterocycles. The molecule has 1 aromatic rings. The third-order valence-corrected chi connectivity index (χ3v) is 4.70. The standard InChI is InChI=1S/C12H18N4O3S/c1-7(2)10-16(9(6-20-10)11(17)18)12(19)14-8-4-13-15(3)5-8/h4-5,7,9-10H,6H2,1-3H3,(H,14,19)(H,17,18). The number of anilines is 1. The lowest BCUT2D eigenvalue weighted by molar-refractivity contribution is -0.141. The van der Waals surface area contributed by atoms with Crippen LogP contribution < -0.4 is 5.32 Å². The summed E-state index contributed by atoms with van der Waals surface area (Å²) in [7, 11) is 1.75. The molecule has 0 aromatic carbocycles. The number of thioether (sulfide) groups is 1. The van der Waals surface area contributed by atoms with E-state index in [1.165, 1.54) is 22.9 Å². The molecule has 2 unspecified atom stereocenters. The van der Waals surface area contributed by atoms with Gasteiger partial charge in [0.1, 0.15) is 6.04 Å². The van der Waals surface area contributed by atoms with Crippen molar-refractivity contribution in [2.75, 3.05) is 11.1 Å². The molecule has 0 spiro atoms. The van der Waals surface area contributed by atoms with Crippen LogP contribution in [0.1, 0.15) is 13.8 Å². The molecular weight excluding hydrogens is 280 g/mol. The minimum absolute atomic E-state index is 0.132. The number of aryl methyl sites for hydroxylation is 1. The predicted octanol–water partition coefficient (Wildman–Crippen LogP) is 1.44. The van der Waals surface area contributed by atoms with Crippen LogP contribution in [0.2, 0.25) is 0 Å². The number of hydrogen-bond acceptors (Lipinski definition) is 4. The van der Waals surface area contributed by atoms with Gasteiger partial charge in [-0.1, -0.05) is 13.8 Å². The first-order valence-electron chi connectivity index (χ1n) is 6.32. The zero-order valence-corrected chi connectivity index (χ0v) is 12.4. The average molecular weight is 298 g/mol. The summed E-state index contributed by atoms with van der Waals surface area (Å²) in [6, 6.07) is -1.18. The number of urea groups is 1. The molecule has 0 radical (unpaired) electrons. The third-order valence-electron chi connectivity index (χ3n) is 3.08. The number of amides is 2. The Kier molecular flexibility index (Phi) is 4.22. The molecule has 1 aliphatic rings. The second-order valence-electron chi connectivity index (χ2n) is 5.06. The number of aliphatic carboxylic acids is 1. The summed E-state index contributed by atoms with van der Waals surface area (Å²) < 4.78 is 1.57. The first kappa shape index (κ1) is 14.7. The summed E-state index contributed by atoms with van der Waals surface area (Å²) in [6.07, 6.45) is 3.20. The molecule has 2 N–H and O–H groups in total. The second-order valence-corrected chi connectivity index (χ2v) is 6.21. The topological polar surface area (TPSA) is 87.5 Å². The minimum atomic E-state index is -0.970. The molecule has 1 fully saturated rings. The van der Waals surface area contributed by atoms with Crippen molar-refractivity contribution in [3.63, 3.8) is 0 Å². The quantitative estimate of drug-likeness (QED) is 0.881. The van der Waals surface area contributed by atoms with Gasteiger partial charge >= 0.3 is 12.0 Å². The number of nitrogens with zero attached hydrogens (tertiary/aromatic N) is 3. The molecule has 110 valence electrons. The van der Waals surface area contributed by atoms with Gasteiger partial charge in [-0.15, -0.1) is 11.8 Å². The van der Waals surface area contributed by atoms with Gasteiger partial charge in [-0.2, -0.15) is 5.10 Å². The number of nitrogens with one attached hydrogen (secondary N) is 1. The maximum absolute atomic E-state index is 12.4. The molecular formula is C12H18N4O3S. The molecule has 0 aliphatic carbocycles. The van der Waals surface area contributed by atoms with Crippen molar-refractivity contribution in [3.8, 4) is 0 Å². The van der Waals surface area contributed by atoms with E-state index < -0.39 is 18.0 Å². The molecule has 2 atom stereocenters. The fourth-order valence-corrected chi connectivity index (χ4v) is 3.63. The van der Waals surface area contributed by atoms with Crippen LogP contribution >= 0.6 is 11.8 Å². The van der Waals surface area contributed by atoms with Gasteiger partial charge in [0.15, 0.2) is 0 Å². The van der Waals surface area contributed by atoms with E-state index in [2.05, 4.69) is 10.4 Å². The Morgan fingerprint density at radius 2 is 2.25 bits per heavy atom. The Balaban J connectivity index is 2.16. The van der Waals surface area contributed by atoms with Crippen LogP contribution in [0.4, 0.5) is 10.5 Å². The van der Waals surface area contributed by atoms with Crippen molar-refractivity contribution >= 4 is 29.4 Å². The maximum atomic E-state index is 12.4. The summed E-state index contributed by atoms with van der Waals surface area (Å²) in [5, 5.41) is 15.8. The van der Waals surface area contributed by atoms with E-state index in [0.29, 0.717) is 11.4 Å². The average Bonchev–Trinajstić information content (AvgIpc) is 2.95. The van der Waals surface area contributed by atoms with E-state index in [1.807, 2.05) is 13.8 Å². The number of aromatic nitrogens is 2. The molecule has 2 heterocycles. The summed E-state index contributed by atoms with van der Waals surface area (Å²) in [4.78, 5) is 25.1. The van der Waals surface area contributed by atoms with Crippen LogP contribution in [-0.2, 0) is 11.8 Å². The normalized spacial score (nSPS) is 22.3. The summed E-state index contributed by atoms with van der Waals surface area (Å²) in [5.74, 6) is -0.371. The molecule has 8 heteroatoms. The molecule has 0 saturated carbocycles. The third kappa shape index (κ3) is 2.90. The largest absolute Gasteiger partial charge is 0.480 e. The van der Waals surface area contributed by atoms with E-state index in [4.69, 9.17) is 0 Å². The lowest BCUT2D eigenvalue weighted by atomic mass is 10.2. The van der Waals surface area contributed by atoms with Crippen LogP contribution in [0.25, 0.3) is 0 Å². The Labute approximate surface area is 121 Å². The van der Waals surface area contributed by atoms with Gasteiger partial charge in [-0.25, -0.2) is 9.59 Å². The van der Waals surface area contributed by atoms with Gasteiger partial charge < -0.3 is 10.4 Å². The summed E-state index contributed by atoms with van der Waals surface area (Å²) in [6.45, 7) is 3.96. The first-order chi connectivity index (χ1) is 9.40. The zero-order chi connectivity index (χ0) is 14.9. The van der Waals surface area contributed by atoms with Crippen LogP contribution in [0.3, 0.4) is 0 Å². The van der Waals surface area contributed by atoms with E-state index >= 15 is 0 Å². The number of carboxylic acid groups (broad SMARTS) is 1. The molecule has 0 bridgehead atoms. The molecule has 2 amide bonds. The minimum Gasteiger partial charge on any atom is -0.480 e. The summed E-state index contributed by atoms with van der Waals surface area (Å²) in [5.41, 5.74) is 0.557. The summed E-state index contributed by atoms with van der Waals surface area (Å²) >= 11 is 1.50. The fraction of sp³-hybridized carbons (Fsp3) is 0.583. The van der Waals surface area contributed by atoms with E-state index in [9.17, 15) is 14.7 Å². The van der Waals surface area contributed by atoms with Gasteiger partial charge in [-0.3, -0.25) is 9.58 Å². The highest BCUT2D eigenvalue weighted by Crippen LogP contribution is 2.34. The lowest BCUT2D eigenvalue weighted by Crippen LogP contribution is -2.49. The van der Waals surface area contributed by atoms with Crippen molar-refractivity contribution in [2.45, 2.75) is 25.3 Å². The second kappa shape index (κ2) is 5.74. The maximum Gasteiger partial charge on any atom is 0.327 e. The van der Waals surface area contributed by atoms with Crippen LogP contribution in [0.15, 0.2) is 12.4 Å². The molecule has 1 aliphatic heterocycles. The van der Waals surface area contributed by atoms with E-state index in [0.717, 1.165) is 0 Å². The zero-order valence-electron chi connectivity index (χ0n) is 11.6. The van der Waals surface area contributed by atoms with Crippen LogP contribution in [0, 0.1) is 5.92 Å². The Morgan fingerprint density at radius 3 is 2.75 bits per heavy atom. The number of carboxylic acids is 1. The fourth-order valence-electron chi connectivity index (χ4n) is 2.16. The predicted molar refractivity (Wildman–Crippen MR) is 76.6 cm³/mol. The smallest absolute Gasteiger partial charge is 0.327 e. The molecule has 20 heavy (non-hydrogen) atoms. The van der Waals surface area contributed by atoms with E-state index in [-0.39, 0.29) is 11.3 Å². The van der Waals surface area contributed by atoms with Gasteiger partial charge in [0.25, 0.3) is 0 Å². The van der Waals surface area contributed by atoms with Crippen molar-refractivity contribution < 1.29 is 14.7 Å². The Hall–Kier alpha value is -1.70. The molecule has 1 aromatic heterocycles. The molecule has 2 rings (SSSR count). The number of hydrogen-bond donors (Lipinski definition) is 2. The van der Waals surface area contributed by atoms with E-state index in [1.54, 1.807) is 17.9 Å². The Morgan fingerprint density at radius 1 is 1.55 bits per heavy atom. The highest BCUT2D eigenvalue weighted by molar-refractivity contribution is 8.00. The van der Waals surface area contributed by atoms with Crippen molar-refractivity contribution in [1.82, 2.24) is 14.7 Å². The Bertz CT molecular complexity index is 517. The molecule has 7 nitrogen and oxygen atoms in total. The van der Waals surface area contributed by atoms with Crippen molar-refractivity contribution in [3.05, 3.63) is 12.4 Å². The van der Waals surface area contributed by atoms with Crippen molar-refractivity contribution in [1.29, 1.82) is 0 Å². The highest BCUT2D eigenvalue weighted by atomic mass is 32.2. The van der Waals surface area contributed by atoms with Crippen molar-refractivity contribution in [2.24, 2.45) is 13.0 Å². The number of rotatable bonds is 3. The van der Waals surface area contributed by atoms with Gasteiger partial charge in [-0.05, 0) is 5.92 Å². The number of carbonyl (C=O) groups excluding carboxylic acids is 1. The SMILES string of the molecule is CC(C)C1SCC(C(=O)O)N1C(=O)Nc1cnn(C)c1. The van der Waals surface area contributed by atoms with Gasteiger partial charge in [0.2, 0.25) is 0 Å². The van der Waals surface area contributed by atoms with Gasteiger partial charge in [0.05, 0.1) is 17.3 Å². The number of carbonyl (C=O) groups is 2. The van der Waals surface area contributed by atoms with Gasteiger partial charge in [0, 0.05) is 19.0 Å². The lowest BCUT2D eigenvalue weighted by Gasteiger charge is -2.29. The van der Waals surface area contributed by atoms with Crippen LogP contribution in [0.5, 0.6) is 0 Å².